The molecule has 0 amide bonds. The largest absolute Gasteiger partial charge is 0.466 e. The summed E-state index contributed by atoms with van der Waals surface area (Å²) in [6.45, 7) is 6.52. The van der Waals surface area contributed by atoms with Crippen molar-refractivity contribution in [2.24, 2.45) is 11.7 Å². The highest BCUT2D eigenvalue weighted by Gasteiger charge is 2.15. The van der Waals surface area contributed by atoms with Crippen LogP contribution in [0.3, 0.4) is 0 Å². The molecule has 3 heteroatoms. The fourth-order valence-corrected chi connectivity index (χ4v) is 2.47. The number of ether oxygens (including phenoxy) is 1. The summed E-state index contributed by atoms with van der Waals surface area (Å²) >= 11 is 0. The maximum atomic E-state index is 11.5. The fraction of sp³-hybridized carbons (Fsp3) is 0.611. The van der Waals surface area contributed by atoms with Crippen LogP contribution in [0, 0.1) is 5.92 Å². The monoisotopic (exact) mass is 291 g/mol. The predicted molar refractivity (Wildman–Crippen MR) is 87.0 cm³/mol. The number of aryl methyl sites for hydroxylation is 1. The van der Waals surface area contributed by atoms with E-state index in [1.807, 2.05) is 13.8 Å². The van der Waals surface area contributed by atoms with Crippen molar-refractivity contribution in [3.05, 3.63) is 35.4 Å². The topological polar surface area (TPSA) is 52.3 Å². The number of nitrogens with two attached hydrogens (primary N) is 1. The molecule has 0 radical (unpaired) electrons. The molecule has 0 bridgehead atoms. The molecule has 21 heavy (non-hydrogen) atoms. The van der Waals surface area contributed by atoms with Gasteiger partial charge in [0.05, 0.1) is 6.61 Å². The van der Waals surface area contributed by atoms with Gasteiger partial charge in [0.1, 0.15) is 0 Å². The minimum Gasteiger partial charge on any atom is -0.466 e. The standard InChI is InChI=1S/C18H29NO2/c1-4-6-7-15-8-10-16(11-9-15)17(19)12-14(3)13-18(20)21-5-2/h8-11,14,17H,4-7,12-13,19H2,1-3H3. The SMILES string of the molecule is CCCCc1ccc(C(N)CC(C)CC(=O)OCC)cc1. The van der Waals surface area contributed by atoms with Crippen LogP contribution < -0.4 is 5.73 Å². The lowest BCUT2D eigenvalue weighted by atomic mass is 9.93. The van der Waals surface area contributed by atoms with Gasteiger partial charge in [-0.25, -0.2) is 0 Å². The van der Waals surface area contributed by atoms with Crippen LogP contribution in [0.25, 0.3) is 0 Å². The summed E-state index contributed by atoms with van der Waals surface area (Å²) in [5, 5.41) is 0. The van der Waals surface area contributed by atoms with Gasteiger partial charge < -0.3 is 10.5 Å². The van der Waals surface area contributed by atoms with E-state index in [0.29, 0.717) is 13.0 Å². The molecule has 0 heterocycles. The molecule has 1 aromatic carbocycles. The van der Waals surface area contributed by atoms with Crippen molar-refractivity contribution in [1.82, 2.24) is 0 Å². The summed E-state index contributed by atoms with van der Waals surface area (Å²) in [5.74, 6) is 0.103. The zero-order valence-electron chi connectivity index (χ0n) is 13.6. The first-order valence-electron chi connectivity index (χ1n) is 8.06. The van der Waals surface area contributed by atoms with Gasteiger partial charge in [-0.15, -0.1) is 0 Å². The Balaban J connectivity index is 2.47. The minimum absolute atomic E-state index is 0.0188. The van der Waals surface area contributed by atoms with Gasteiger partial charge in [0.2, 0.25) is 0 Å². The van der Waals surface area contributed by atoms with Crippen molar-refractivity contribution >= 4 is 5.97 Å². The van der Waals surface area contributed by atoms with E-state index in [-0.39, 0.29) is 17.9 Å². The molecule has 0 aliphatic carbocycles. The van der Waals surface area contributed by atoms with E-state index in [2.05, 4.69) is 31.2 Å². The van der Waals surface area contributed by atoms with E-state index in [0.717, 1.165) is 18.4 Å². The molecule has 3 nitrogen and oxygen atoms in total. The van der Waals surface area contributed by atoms with Crippen LogP contribution in [0.2, 0.25) is 0 Å². The van der Waals surface area contributed by atoms with Crippen molar-refractivity contribution in [1.29, 1.82) is 0 Å². The Morgan fingerprint density at radius 3 is 2.48 bits per heavy atom. The molecule has 0 saturated carbocycles. The summed E-state index contributed by atoms with van der Waals surface area (Å²) in [7, 11) is 0. The molecule has 1 aromatic rings. The molecular formula is C18H29NO2. The van der Waals surface area contributed by atoms with Gasteiger partial charge in [-0.1, -0.05) is 44.5 Å². The maximum Gasteiger partial charge on any atom is 0.306 e. The highest BCUT2D eigenvalue weighted by molar-refractivity contribution is 5.69. The lowest BCUT2D eigenvalue weighted by molar-refractivity contribution is -0.144. The second-order valence-corrected chi connectivity index (χ2v) is 5.80. The average molecular weight is 291 g/mol. The molecular weight excluding hydrogens is 262 g/mol. The highest BCUT2D eigenvalue weighted by atomic mass is 16.5. The second kappa shape index (κ2) is 9.56. The molecule has 0 saturated heterocycles. The maximum absolute atomic E-state index is 11.5. The van der Waals surface area contributed by atoms with Crippen molar-refractivity contribution in [3.8, 4) is 0 Å². The Bertz CT molecular complexity index is 414. The molecule has 0 aliphatic rings. The van der Waals surface area contributed by atoms with Crippen LogP contribution in [-0.2, 0) is 16.0 Å². The van der Waals surface area contributed by atoms with Crippen LogP contribution in [0.15, 0.2) is 24.3 Å². The van der Waals surface area contributed by atoms with Gasteiger partial charge in [0.15, 0.2) is 0 Å². The minimum atomic E-state index is -0.132. The molecule has 118 valence electrons. The fourth-order valence-electron chi connectivity index (χ4n) is 2.47. The number of benzene rings is 1. The van der Waals surface area contributed by atoms with Crippen LogP contribution in [-0.4, -0.2) is 12.6 Å². The quantitative estimate of drug-likeness (QED) is 0.699. The molecule has 2 unspecified atom stereocenters. The predicted octanol–water partition coefficient (Wildman–Crippen LogP) is 4.01. The van der Waals surface area contributed by atoms with Crippen molar-refractivity contribution < 1.29 is 9.53 Å². The van der Waals surface area contributed by atoms with Gasteiger partial charge in [0.25, 0.3) is 0 Å². The summed E-state index contributed by atoms with van der Waals surface area (Å²) in [4.78, 5) is 11.5. The van der Waals surface area contributed by atoms with E-state index in [9.17, 15) is 4.79 Å². The summed E-state index contributed by atoms with van der Waals surface area (Å²) in [6, 6.07) is 8.55. The molecule has 2 atom stereocenters. The Morgan fingerprint density at radius 1 is 1.24 bits per heavy atom. The molecule has 0 fully saturated rings. The van der Waals surface area contributed by atoms with E-state index >= 15 is 0 Å². The normalized spacial score (nSPS) is 13.7. The van der Waals surface area contributed by atoms with E-state index < -0.39 is 0 Å². The number of unbranched alkanes of at least 4 members (excludes halogenated alkanes) is 1. The first-order valence-corrected chi connectivity index (χ1v) is 8.06. The lowest BCUT2D eigenvalue weighted by Crippen LogP contribution is -2.17. The van der Waals surface area contributed by atoms with Crippen molar-refractivity contribution in [2.45, 2.75) is 58.9 Å². The van der Waals surface area contributed by atoms with Gasteiger partial charge in [0, 0.05) is 12.5 Å². The Labute approximate surface area is 128 Å². The second-order valence-electron chi connectivity index (χ2n) is 5.80. The molecule has 1 rings (SSSR count). The number of carbonyl (C=O) groups is 1. The van der Waals surface area contributed by atoms with Gasteiger partial charge in [-0.3, -0.25) is 4.79 Å². The first-order chi connectivity index (χ1) is 10.1. The summed E-state index contributed by atoms with van der Waals surface area (Å²) < 4.78 is 4.97. The summed E-state index contributed by atoms with van der Waals surface area (Å²) in [6.07, 6.45) is 4.81. The third kappa shape index (κ3) is 6.76. The zero-order chi connectivity index (χ0) is 15.7. The van der Waals surface area contributed by atoms with Crippen LogP contribution in [0.1, 0.15) is 63.6 Å². The molecule has 0 aliphatic heterocycles. The molecule has 0 aromatic heterocycles. The van der Waals surface area contributed by atoms with Crippen molar-refractivity contribution in [3.63, 3.8) is 0 Å². The van der Waals surface area contributed by atoms with Gasteiger partial charge in [-0.2, -0.15) is 0 Å². The van der Waals surface area contributed by atoms with E-state index in [1.54, 1.807) is 0 Å². The molecule has 2 N–H and O–H groups in total. The van der Waals surface area contributed by atoms with Gasteiger partial charge in [-0.05, 0) is 43.2 Å². The van der Waals surface area contributed by atoms with Crippen LogP contribution in [0.4, 0.5) is 0 Å². The Morgan fingerprint density at radius 2 is 1.90 bits per heavy atom. The summed E-state index contributed by atoms with van der Waals surface area (Å²) in [5.41, 5.74) is 8.76. The lowest BCUT2D eigenvalue weighted by Gasteiger charge is -2.17. The van der Waals surface area contributed by atoms with Crippen LogP contribution in [0.5, 0.6) is 0 Å². The van der Waals surface area contributed by atoms with Crippen LogP contribution >= 0.6 is 0 Å². The Kier molecular flexibility index (Phi) is 8.06. The van der Waals surface area contributed by atoms with Crippen molar-refractivity contribution in [2.75, 3.05) is 6.61 Å². The highest BCUT2D eigenvalue weighted by Crippen LogP contribution is 2.22. The average Bonchev–Trinajstić information content (AvgIpc) is 2.45. The Hall–Kier alpha value is -1.35. The number of rotatable bonds is 9. The smallest absolute Gasteiger partial charge is 0.306 e. The number of hydrogen-bond acceptors (Lipinski definition) is 3. The number of hydrogen-bond donors (Lipinski definition) is 1. The third-order valence-corrected chi connectivity index (χ3v) is 3.70. The molecule has 0 spiro atoms. The first kappa shape index (κ1) is 17.7. The number of esters is 1. The third-order valence-electron chi connectivity index (χ3n) is 3.70. The van der Waals surface area contributed by atoms with E-state index in [4.69, 9.17) is 10.5 Å². The van der Waals surface area contributed by atoms with Gasteiger partial charge >= 0.3 is 5.97 Å². The van der Waals surface area contributed by atoms with E-state index in [1.165, 1.54) is 18.4 Å². The number of carbonyl (C=O) groups excluding carboxylic acids is 1. The zero-order valence-corrected chi connectivity index (χ0v) is 13.6.